The SMILES string of the molecule is CC(C)CC(NC(=O)NCc1cc(F)ccc1Br)C(=O)O. The highest BCUT2D eigenvalue weighted by Crippen LogP contribution is 2.17. The molecule has 3 N–H and O–H groups in total. The Kier molecular flexibility index (Phi) is 6.61. The van der Waals surface area contributed by atoms with E-state index in [4.69, 9.17) is 5.11 Å². The van der Waals surface area contributed by atoms with E-state index in [9.17, 15) is 14.0 Å². The van der Waals surface area contributed by atoms with E-state index in [1.54, 1.807) is 6.07 Å². The number of halogens is 2. The van der Waals surface area contributed by atoms with E-state index in [1.807, 2.05) is 13.8 Å². The van der Waals surface area contributed by atoms with Crippen molar-refractivity contribution < 1.29 is 19.1 Å². The molecule has 5 nitrogen and oxygen atoms in total. The number of rotatable bonds is 6. The number of benzene rings is 1. The van der Waals surface area contributed by atoms with Crippen LogP contribution in [0, 0.1) is 11.7 Å². The molecule has 1 unspecified atom stereocenters. The third kappa shape index (κ3) is 6.12. The number of amides is 2. The first-order chi connectivity index (χ1) is 9.79. The molecule has 0 fully saturated rings. The molecule has 7 heteroatoms. The van der Waals surface area contributed by atoms with Crippen molar-refractivity contribution in [3.63, 3.8) is 0 Å². The average Bonchev–Trinajstić information content (AvgIpc) is 2.38. The summed E-state index contributed by atoms with van der Waals surface area (Å²) in [5, 5.41) is 13.9. The fourth-order valence-corrected chi connectivity index (χ4v) is 2.14. The normalized spacial score (nSPS) is 12.0. The van der Waals surface area contributed by atoms with E-state index in [1.165, 1.54) is 12.1 Å². The van der Waals surface area contributed by atoms with E-state index >= 15 is 0 Å². The Morgan fingerprint density at radius 2 is 2.05 bits per heavy atom. The topological polar surface area (TPSA) is 78.4 Å². The number of carboxylic acid groups (broad SMARTS) is 1. The highest BCUT2D eigenvalue weighted by atomic mass is 79.9. The van der Waals surface area contributed by atoms with Gasteiger partial charge in [0.25, 0.3) is 0 Å². The number of carbonyl (C=O) groups is 2. The molecular weight excluding hydrogens is 343 g/mol. The summed E-state index contributed by atoms with van der Waals surface area (Å²) in [5.74, 6) is -1.34. The van der Waals surface area contributed by atoms with Gasteiger partial charge in [0, 0.05) is 11.0 Å². The first-order valence-electron chi connectivity index (χ1n) is 6.50. The van der Waals surface area contributed by atoms with E-state index < -0.39 is 23.9 Å². The van der Waals surface area contributed by atoms with Crippen LogP contribution >= 0.6 is 15.9 Å². The Hall–Kier alpha value is -1.63. The van der Waals surface area contributed by atoms with Crippen LogP contribution in [-0.2, 0) is 11.3 Å². The Morgan fingerprint density at radius 1 is 1.38 bits per heavy atom. The smallest absolute Gasteiger partial charge is 0.326 e. The van der Waals surface area contributed by atoms with Gasteiger partial charge in [-0.1, -0.05) is 29.8 Å². The maximum atomic E-state index is 13.1. The molecule has 0 aliphatic heterocycles. The number of hydrogen-bond donors (Lipinski definition) is 3. The number of carbonyl (C=O) groups excluding carboxylic acids is 1. The summed E-state index contributed by atoms with van der Waals surface area (Å²) in [5.41, 5.74) is 0.570. The van der Waals surface area contributed by atoms with Crippen molar-refractivity contribution in [1.29, 1.82) is 0 Å². The molecule has 21 heavy (non-hydrogen) atoms. The summed E-state index contributed by atoms with van der Waals surface area (Å²) in [6.07, 6.45) is 0.340. The number of aliphatic carboxylic acids is 1. The second kappa shape index (κ2) is 7.97. The van der Waals surface area contributed by atoms with Gasteiger partial charge in [0.1, 0.15) is 11.9 Å². The second-order valence-corrected chi connectivity index (χ2v) is 5.94. The second-order valence-electron chi connectivity index (χ2n) is 5.08. The molecular formula is C14H18BrFN2O3. The van der Waals surface area contributed by atoms with Crippen LogP contribution in [0.25, 0.3) is 0 Å². The van der Waals surface area contributed by atoms with Crippen molar-refractivity contribution in [2.75, 3.05) is 0 Å². The molecule has 0 aliphatic carbocycles. The fraction of sp³-hybridized carbons (Fsp3) is 0.429. The molecule has 1 aromatic carbocycles. The summed E-state index contributed by atoms with van der Waals surface area (Å²) in [6.45, 7) is 3.84. The van der Waals surface area contributed by atoms with Crippen molar-refractivity contribution in [3.8, 4) is 0 Å². The molecule has 0 aliphatic rings. The Bertz CT molecular complexity index is 523. The summed E-state index contributed by atoms with van der Waals surface area (Å²) in [7, 11) is 0. The molecule has 0 saturated carbocycles. The van der Waals surface area contributed by atoms with E-state index in [0.29, 0.717) is 16.5 Å². The molecule has 0 aromatic heterocycles. The van der Waals surface area contributed by atoms with Crippen molar-refractivity contribution in [1.82, 2.24) is 10.6 Å². The zero-order chi connectivity index (χ0) is 16.0. The van der Waals surface area contributed by atoms with E-state index in [-0.39, 0.29) is 12.5 Å². The van der Waals surface area contributed by atoms with Crippen LogP contribution in [0.3, 0.4) is 0 Å². The number of carboxylic acids is 1. The van der Waals surface area contributed by atoms with Crippen molar-refractivity contribution in [2.45, 2.75) is 32.9 Å². The maximum absolute atomic E-state index is 13.1. The quantitative estimate of drug-likeness (QED) is 0.729. The summed E-state index contributed by atoms with van der Waals surface area (Å²) >= 11 is 3.25. The predicted molar refractivity (Wildman–Crippen MR) is 80.4 cm³/mol. The molecule has 0 saturated heterocycles. The van der Waals surface area contributed by atoms with E-state index in [0.717, 1.165) is 0 Å². The number of nitrogens with one attached hydrogen (secondary N) is 2. The van der Waals surface area contributed by atoms with Gasteiger partial charge in [-0.15, -0.1) is 0 Å². The summed E-state index contributed by atoms with van der Waals surface area (Å²) < 4.78 is 13.8. The summed E-state index contributed by atoms with van der Waals surface area (Å²) in [4.78, 5) is 22.8. The zero-order valence-corrected chi connectivity index (χ0v) is 13.4. The minimum absolute atomic E-state index is 0.0954. The van der Waals surface area contributed by atoms with Gasteiger partial charge in [0.05, 0.1) is 0 Å². The largest absolute Gasteiger partial charge is 0.480 e. The first kappa shape index (κ1) is 17.4. The molecule has 0 heterocycles. The highest BCUT2D eigenvalue weighted by Gasteiger charge is 2.20. The average molecular weight is 361 g/mol. The lowest BCUT2D eigenvalue weighted by Crippen LogP contribution is -2.46. The Balaban J connectivity index is 2.56. The molecule has 0 bridgehead atoms. The lowest BCUT2D eigenvalue weighted by molar-refractivity contribution is -0.139. The Labute approximate surface area is 131 Å². The van der Waals surface area contributed by atoms with Gasteiger partial charge >= 0.3 is 12.0 Å². The van der Waals surface area contributed by atoms with Gasteiger partial charge in [-0.3, -0.25) is 0 Å². The molecule has 0 radical (unpaired) electrons. The Morgan fingerprint density at radius 3 is 2.62 bits per heavy atom. The highest BCUT2D eigenvalue weighted by molar-refractivity contribution is 9.10. The van der Waals surface area contributed by atoms with Crippen LogP contribution in [0.1, 0.15) is 25.8 Å². The van der Waals surface area contributed by atoms with Gasteiger partial charge in [-0.2, -0.15) is 0 Å². The predicted octanol–water partition coefficient (Wildman–Crippen LogP) is 2.89. The maximum Gasteiger partial charge on any atom is 0.326 e. The molecule has 1 rings (SSSR count). The van der Waals surface area contributed by atoms with Crippen molar-refractivity contribution >= 4 is 27.9 Å². The molecule has 0 spiro atoms. The number of urea groups is 1. The molecule has 2 amide bonds. The fourth-order valence-electron chi connectivity index (χ4n) is 1.76. The monoisotopic (exact) mass is 360 g/mol. The van der Waals surface area contributed by atoms with Crippen LogP contribution < -0.4 is 10.6 Å². The van der Waals surface area contributed by atoms with Crippen molar-refractivity contribution in [3.05, 3.63) is 34.1 Å². The lowest BCUT2D eigenvalue weighted by atomic mass is 10.0. The van der Waals surface area contributed by atoms with Crippen LogP contribution in [0.5, 0.6) is 0 Å². The van der Waals surface area contributed by atoms with Gasteiger partial charge in [-0.05, 0) is 36.1 Å². The van der Waals surface area contributed by atoms with Crippen LogP contribution in [-0.4, -0.2) is 23.1 Å². The zero-order valence-electron chi connectivity index (χ0n) is 11.8. The summed E-state index contributed by atoms with van der Waals surface area (Å²) in [6, 6.07) is 2.60. The third-order valence-electron chi connectivity index (χ3n) is 2.76. The van der Waals surface area contributed by atoms with Crippen LogP contribution in [0.4, 0.5) is 9.18 Å². The lowest BCUT2D eigenvalue weighted by Gasteiger charge is -2.17. The standard InChI is InChI=1S/C14H18BrFN2O3/c1-8(2)5-12(13(19)20)18-14(21)17-7-9-6-10(16)3-4-11(9)15/h3-4,6,8,12H,5,7H2,1-2H3,(H,19,20)(H2,17,18,21). The third-order valence-corrected chi connectivity index (χ3v) is 3.53. The van der Waals surface area contributed by atoms with Gasteiger partial charge < -0.3 is 15.7 Å². The first-order valence-corrected chi connectivity index (χ1v) is 7.30. The van der Waals surface area contributed by atoms with Crippen molar-refractivity contribution in [2.24, 2.45) is 5.92 Å². The minimum Gasteiger partial charge on any atom is -0.480 e. The minimum atomic E-state index is -1.08. The van der Waals surface area contributed by atoms with Gasteiger partial charge in [0.15, 0.2) is 0 Å². The van der Waals surface area contributed by atoms with E-state index in [2.05, 4.69) is 26.6 Å². The number of hydrogen-bond acceptors (Lipinski definition) is 2. The van der Waals surface area contributed by atoms with Crippen LogP contribution in [0.2, 0.25) is 0 Å². The van der Waals surface area contributed by atoms with Gasteiger partial charge in [-0.25, -0.2) is 14.0 Å². The molecule has 1 aromatic rings. The molecule has 116 valence electrons. The van der Waals surface area contributed by atoms with Gasteiger partial charge in [0.2, 0.25) is 0 Å². The molecule has 1 atom stereocenters. The van der Waals surface area contributed by atoms with Crippen LogP contribution in [0.15, 0.2) is 22.7 Å².